The summed E-state index contributed by atoms with van der Waals surface area (Å²) in [6.45, 7) is 5.24. The van der Waals surface area contributed by atoms with Gasteiger partial charge in [-0.05, 0) is 37.1 Å². The van der Waals surface area contributed by atoms with Crippen LogP contribution in [0.3, 0.4) is 0 Å². The monoisotopic (exact) mass is 272 g/mol. The van der Waals surface area contributed by atoms with E-state index in [2.05, 4.69) is 19.1 Å². The smallest absolute Gasteiger partial charge is 0.146 e. The first-order valence-electron chi connectivity index (χ1n) is 6.95. The maximum atomic E-state index is 14.1. The van der Waals surface area contributed by atoms with Crippen LogP contribution in [0.15, 0.2) is 48.5 Å². The van der Waals surface area contributed by atoms with Crippen molar-refractivity contribution in [3.05, 3.63) is 65.5 Å². The topological polar surface area (TPSA) is 29.3 Å². The minimum atomic E-state index is -0.207. The van der Waals surface area contributed by atoms with Crippen LogP contribution < -0.4 is 10.6 Å². The van der Waals surface area contributed by atoms with E-state index in [1.165, 1.54) is 11.6 Å². The molecule has 2 N–H and O–H groups in total. The van der Waals surface area contributed by atoms with Crippen molar-refractivity contribution in [2.75, 3.05) is 18.0 Å². The van der Waals surface area contributed by atoms with Gasteiger partial charge in [0.2, 0.25) is 0 Å². The van der Waals surface area contributed by atoms with Crippen LogP contribution in [0.1, 0.15) is 24.1 Å². The second-order valence-electron chi connectivity index (χ2n) is 4.85. The Morgan fingerprint density at radius 1 is 1.10 bits per heavy atom. The van der Waals surface area contributed by atoms with Gasteiger partial charge in [0, 0.05) is 13.1 Å². The van der Waals surface area contributed by atoms with Crippen LogP contribution in [0.5, 0.6) is 0 Å². The number of aryl methyl sites for hydroxylation is 1. The third kappa shape index (κ3) is 2.83. The van der Waals surface area contributed by atoms with E-state index in [0.717, 1.165) is 5.56 Å². The third-order valence-electron chi connectivity index (χ3n) is 3.65. The zero-order valence-electron chi connectivity index (χ0n) is 12.0. The van der Waals surface area contributed by atoms with Crippen molar-refractivity contribution in [1.29, 1.82) is 0 Å². The number of hydrogen-bond acceptors (Lipinski definition) is 2. The second kappa shape index (κ2) is 6.53. The standard InChI is InChI=1S/C17H21FN2/c1-3-20(16-11-7-6-10-15(16)18)17(12-19)14-9-5-4-8-13(14)2/h4-11,17H,3,12,19H2,1-2H3. The summed E-state index contributed by atoms with van der Waals surface area (Å²) >= 11 is 0. The highest BCUT2D eigenvalue weighted by Gasteiger charge is 2.21. The van der Waals surface area contributed by atoms with E-state index < -0.39 is 0 Å². The molecule has 106 valence electrons. The summed E-state index contributed by atoms with van der Waals surface area (Å²) in [4.78, 5) is 2.03. The molecule has 0 aliphatic rings. The number of halogens is 1. The average Bonchev–Trinajstić information content (AvgIpc) is 2.47. The molecule has 2 rings (SSSR count). The normalized spacial score (nSPS) is 12.2. The minimum Gasteiger partial charge on any atom is -0.361 e. The lowest BCUT2D eigenvalue weighted by Gasteiger charge is -2.33. The predicted molar refractivity (Wildman–Crippen MR) is 82.4 cm³/mol. The molecule has 20 heavy (non-hydrogen) atoms. The SMILES string of the molecule is CCN(c1ccccc1F)C(CN)c1ccccc1C. The maximum absolute atomic E-state index is 14.1. The molecule has 2 aromatic carbocycles. The van der Waals surface area contributed by atoms with Gasteiger partial charge < -0.3 is 10.6 Å². The molecule has 0 radical (unpaired) electrons. The molecule has 0 aliphatic carbocycles. The highest BCUT2D eigenvalue weighted by molar-refractivity contribution is 5.51. The van der Waals surface area contributed by atoms with Gasteiger partial charge in [0.15, 0.2) is 0 Å². The fourth-order valence-corrected chi connectivity index (χ4v) is 2.63. The van der Waals surface area contributed by atoms with Crippen molar-refractivity contribution in [1.82, 2.24) is 0 Å². The highest BCUT2D eigenvalue weighted by atomic mass is 19.1. The molecular formula is C17H21FN2. The fourth-order valence-electron chi connectivity index (χ4n) is 2.63. The van der Waals surface area contributed by atoms with E-state index in [-0.39, 0.29) is 11.9 Å². The summed E-state index contributed by atoms with van der Waals surface area (Å²) in [5, 5.41) is 0. The lowest BCUT2D eigenvalue weighted by Crippen LogP contribution is -2.34. The zero-order chi connectivity index (χ0) is 14.5. The Morgan fingerprint density at radius 3 is 2.35 bits per heavy atom. The van der Waals surface area contributed by atoms with Gasteiger partial charge in [-0.25, -0.2) is 4.39 Å². The summed E-state index contributed by atoms with van der Waals surface area (Å²) in [5.74, 6) is -0.207. The van der Waals surface area contributed by atoms with E-state index in [1.54, 1.807) is 12.1 Å². The van der Waals surface area contributed by atoms with E-state index >= 15 is 0 Å². The molecule has 0 heterocycles. The zero-order valence-corrected chi connectivity index (χ0v) is 12.0. The van der Waals surface area contributed by atoms with E-state index in [0.29, 0.717) is 18.8 Å². The number of hydrogen-bond donors (Lipinski definition) is 1. The molecule has 1 unspecified atom stereocenters. The van der Waals surface area contributed by atoms with Crippen LogP contribution in [-0.2, 0) is 0 Å². The molecule has 2 nitrogen and oxygen atoms in total. The molecule has 0 saturated heterocycles. The molecule has 0 bridgehead atoms. The Labute approximate surface area is 120 Å². The molecule has 0 aromatic heterocycles. The number of rotatable bonds is 5. The molecular weight excluding hydrogens is 251 g/mol. The largest absolute Gasteiger partial charge is 0.361 e. The number of benzene rings is 2. The van der Waals surface area contributed by atoms with Crippen molar-refractivity contribution in [2.24, 2.45) is 5.73 Å². The molecule has 0 aliphatic heterocycles. The number of nitrogens with two attached hydrogens (primary N) is 1. The van der Waals surface area contributed by atoms with Gasteiger partial charge in [-0.1, -0.05) is 36.4 Å². The summed E-state index contributed by atoms with van der Waals surface area (Å²) in [6.07, 6.45) is 0. The Hall–Kier alpha value is -1.87. The summed E-state index contributed by atoms with van der Waals surface area (Å²) in [6, 6.07) is 15.0. The quantitative estimate of drug-likeness (QED) is 0.900. The fraction of sp³-hybridized carbons (Fsp3) is 0.294. The molecule has 0 saturated carbocycles. The molecule has 0 spiro atoms. The van der Waals surface area contributed by atoms with Crippen molar-refractivity contribution in [3.63, 3.8) is 0 Å². The minimum absolute atomic E-state index is 0.0156. The van der Waals surface area contributed by atoms with Gasteiger partial charge in [-0.2, -0.15) is 0 Å². The highest BCUT2D eigenvalue weighted by Crippen LogP contribution is 2.29. The van der Waals surface area contributed by atoms with E-state index in [4.69, 9.17) is 5.73 Å². The van der Waals surface area contributed by atoms with Crippen LogP contribution >= 0.6 is 0 Å². The molecule has 3 heteroatoms. The third-order valence-corrected chi connectivity index (χ3v) is 3.65. The van der Waals surface area contributed by atoms with Crippen LogP contribution in [0, 0.1) is 12.7 Å². The van der Waals surface area contributed by atoms with Gasteiger partial charge in [0.25, 0.3) is 0 Å². The van der Waals surface area contributed by atoms with Crippen LogP contribution in [0.25, 0.3) is 0 Å². The number of likely N-dealkylation sites (N-methyl/N-ethyl adjacent to an activating group) is 1. The van der Waals surface area contributed by atoms with Gasteiger partial charge in [0.05, 0.1) is 11.7 Å². The predicted octanol–water partition coefficient (Wildman–Crippen LogP) is 3.66. The molecule has 0 amide bonds. The van der Waals surface area contributed by atoms with Crippen molar-refractivity contribution >= 4 is 5.69 Å². The van der Waals surface area contributed by atoms with Gasteiger partial charge >= 0.3 is 0 Å². The summed E-state index contributed by atoms with van der Waals surface area (Å²) in [7, 11) is 0. The average molecular weight is 272 g/mol. The van der Waals surface area contributed by atoms with Gasteiger partial charge in [-0.3, -0.25) is 0 Å². The van der Waals surface area contributed by atoms with Crippen LogP contribution in [0.2, 0.25) is 0 Å². The number of anilines is 1. The van der Waals surface area contributed by atoms with Crippen molar-refractivity contribution in [3.8, 4) is 0 Å². The lowest BCUT2D eigenvalue weighted by atomic mass is 9.99. The first-order valence-corrected chi connectivity index (χ1v) is 6.95. The maximum Gasteiger partial charge on any atom is 0.146 e. The summed E-state index contributed by atoms with van der Waals surface area (Å²) < 4.78 is 14.1. The molecule has 1 atom stereocenters. The van der Waals surface area contributed by atoms with Gasteiger partial charge in [-0.15, -0.1) is 0 Å². The Morgan fingerprint density at radius 2 is 1.75 bits per heavy atom. The lowest BCUT2D eigenvalue weighted by molar-refractivity contribution is 0.587. The number of nitrogens with zero attached hydrogens (tertiary/aromatic N) is 1. The van der Waals surface area contributed by atoms with E-state index in [9.17, 15) is 4.39 Å². The molecule has 2 aromatic rings. The Kier molecular flexibility index (Phi) is 4.74. The first kappa shape index (κ1) is 14.5. The number of para-hydroxylation sites is 1. The van der Waals surface area contributed by atoms with Crippen molar-refractivity contribution in [2.45, 2.75) is 19.9 Å². The van der Waals surface area contributed by atoms with Crippen LogP contribution in [-0.4, -0.2) is 13.1 Å². The van der Waals surface area contributed by atoms with E-state index in [1.807, 2.05) is 30.0 Å². The Bertz CT molecular complexity index is 517. The second-order valence-corrected chi connectivity index (χ2v) is 4.85. The van der Waals surface area contributed by atoms with Crippen molar-refractivity contribution < 1.29 is 4.39 Å². The van der Waals surface area contributed by atoms with Gasteiger partial charge in [0.1, 0.15) is 5.82 Å². The van der Waals surface area contributed by atoms with Crippen LogP contribution in [0.4, 0.5) is 10.1 Å². The Balaban J connectivity index is 2.44. The first-order chi connectivity index (χ1) is 9.69. The molecule has 0 fully saturated rings. The summed E-state index contributed by atoms with van der Waals surface area (Å²) in [5.41, 5.74) is 8.91.